The molecule has 0 amide bonds. The summed E-state index contributed by atoms with van der Waals surface area (Å²) in [4.78, 5) is 5.17. The fourth-order valence-electron chi connectivity index (χ4n) is 2.79. The average molecular weight is 402 g/mol. The number of aryl methyl sites for hydroxylation is 1. The zero-order valence-corrected chi connectivity index (χ0v) is 14.7. The number of alkyl halides is 1. The molecule has 8 heteroatoms. The van der Waals surface area contributed by atoms with Crippen LogP contribution in [-0.4, -0.2) is 28.5 Å². The molecule has 23 heavy (non-hydrogen) atoms. The first-order valence-electron chi connectivity index (χ1n) is 6.76. The number of hydrogen-bond acceptors (Lipinski definition) is 2. The fraction of sp³-hybridized carbons (Fsp3) is 0.333. The summed E-state index contributed by atoms with van der Waals surface area (Å²) in [6, 6.07) is 1.38. The summed E-state index contributed by atoms with van der Waals surface area (Å²) in [7, 11) is 1.65. The van der Waals surface area contributed by atoms with E-state index in [4.69, 9.17) is 18.2 Å². The Balaban J connectivity index is 2.24. The van der Waals surface area contributed by atoms with E-state index in [1.807, 2.05) is 0 Å². The molecule has 1 fully saturated rings. The van der Waals surface area contributed by atoms with E-state index in [2.05, 4.69) is 25.9 Å². The van der Waals surface area contributed by atoms with Gasteiger partial charge in [-0.15, -0.1) is 0 Å². The van der Waals surface area contributed by atoms with E-state index >= 15 is 0 Å². The van der Waals surface area contributed by atoms with Gasteiger partial charge in [0.1, 0.15) is 11.5 Å². The summed E-state index contributed by atoms with van der Waals surface area (Å²) < 4.78 is 30.5. The molecule has 120 valence electrons. The average Bonchev–Trinajstić information content (AvgIpc) is 2.78. The molecule has 1 aliphatic heterocycles. The topological polar surface area (TPSA) is 25.4 Å². The molecule has 0 unspecified atom stereocenters. The van der Waals surface area contributed by atoms with Crippen LogP contribution in [0.3, 0.4) is 0 Å². The predicted octanol–water partition coefficient (Wildman–Crippen LogP) is 4.74. The lowest BCUT2D eigenvalue weighted by Gasteiger charge is -2.44. The van der Waals surface area contributed by atoms with Gasteiger partial charge in [-0.05, 0) is 28.9 Å². The molecule has 0 atom stereocenters. The monoisotopic (exact) mass is 400 g/mol. The maximum Gasteiger partial charge on any atom is 0.221 e. The minimum absolute atomic E-state index is 0.0711. The molecule has 0 aliphatic carbocycles. The number of nitrogens with zero attached hydrogens (tertiary/aromatic N) is 4. The van der Waals surface area contributed by atoms with Crippen LogP contribution in [0.5, 0.6) is 0 Å². The highest BCUT2D eigenvalue weighted by molar-refractivity contribution is 9.10. The quantitative estimate of drug-likeness (QED) is 0.679. The van der Waals surface area contributed by atoms with Crippen molar-refractivity contribution >= 4 is 38.9 Å². The molecule has 1 aromatic carbocycles. The molecule has 1 aromatic heterocycles. The van der Waals surface area contributed by atoms with Gasteiger partial charge in [-0.3, -0.25) is 4.68 Å². The molecule has 0 N–H and O–H groups in total. The molecule has 3 rings (SSSR count). The van der Waals surface area contributed by atoms with Crippen molar-refractivity contribution < 1.29 is 8.78 Å². The van der Waals surface area contributed by atoms with Crippen LogP contribution in [0, 0.1) is 12.4 Å². The molecular formula is C15H12BrClF2N4. The Hall–Kier alpha value is -1.65. The van der Waals surface area contributed by atoms with E-state index in [9.17, 15) is 8.78 Å². The molecule has 1 saturated heterocycles. The van der Waals surface area contributed by atoms with Gasteiger partial charge < -0.3 is 4.90 Å². The van der Waals surface area contributed by atoms with E-state index < -0.39 is 11.5 Å². The number of rotatable bonds is 2. The molecule has 0 spiro atoms. The second-order valence-corrected chi connectivity index (χ2v) is 7.02. The van der Waals surface area contributed by atoms with Crippen molar-refractivity contribution in [3.8, 4) is 11.3 Å². The minimum Gasteiger partial charge on any atom is -0.374 e. The van der Waals surface area contributed by atoms with Crippen LogP contribution in [0.15, 0.2) is 16.7 Å². The van der Waals surface area contributed by atoms with E-state index in [0.29, 0.717) is 15.9 Å². The smallest absolute Gasteiger partial charge is 0.221 e. The highest BCUT2D eigenvalue weighted by atomic mass is 79.9. The van der Waals surface area contributed by atoms with Gasteiger partial charge in [0.05, 0.1) is 41.0 Å². The van der Waals surface area contributed by atoms with Crippen molar-refractivity contribution in [1.82, 2.24) is 9.78 Å². The highest BCUT2D eigenvalue weighted by Gasteiger charge is 2.40. The summed E-state index contributed by atoms with van der Waals surface area (Å²) in [5.41, 5.74) is -0.285. The molecule has 2 aromatic rings. The van der Waals surface area contributed by atoms with Gasteiger partial charge in [-0.2, -0.15) is 5.10 Å². The summed E-state index contributed by atoms with van der Waals surface area (Å²) in [6.07, 6.45) is 1.52. The molecule has 4 nitrogen and oxygen atoms in total. The zero-order valence-electron chi connectivity index (χ0n) is 12.4. The van der Waals surface area contributed by atoms with Gasteiger partial charge in [0.2, 0.25) is 5.69 Å². The van der Waals surface area contributed by atoms with E-state index in [-0.39, 0.29) is 29.4 Å². The van der Waals surface area contributed by atoms with Gasteiger partial charge in [0, 0.05) is 18.3 Å². The minimum atomic E-state index is -1.31. The first kappa shape index (κ1) is 16.2. The first-order valence-corrected chi connectivity index (χ1v) is 7.93. The summed E-state index contributed by atoms with van der Waals surface area (Å²) >= 11 is 9.34. The van der Waals surface area contributed by atoms with Crippen molar-refractivity contribution in [2.75, 3.05) is 18.0 Å². The Kier molecular flexibility index (Phi) is 3.85. The predicted molar refractivity (Wildman–Crippen MR) is 89.3 cm³/mol. The van der Waals surface area contributed by atoms with Crippen LogP contribution in [0.25, 0.3) is 16.1 Å². The molecular weight excluding hydrogens is 390 g/mol. The third-order valence-electron chi connectivity index (χ3n) is 3.80. The van der Waals surface area contributed by atoms with Crippen molar-refractivity contribution in [3.63, 3.8) is 0 Å². The largest absolute Gasteiger partial charge is 0.374 e. The second-order valence-electron chi connectivity index (χ2n) is 5.76. The Morgan fingerprint density at radius 3 is 2.61 bits per heavy atom. The number of halogens is 4. The van der Waals surface area contributed by atoms with Crippen LogP contribution >= 0.6 is 27.5 Å². The second kappa shape index (κ2) is 5.46. The van der Waals surface area contributed by atoms with E-state index in [1.54, 1.807) is 11.9 Å². The lowest BCUT2D eigenvalue weighted by molar-refractivity contribution is 0.145. The van der Waals surface area contributed by atoms with Crippen molar-refractivity contribution in [1.29, 1.82) is 0 Å². The van der Waals surface area contributed by atoms with Crippen LogP contribution in [0.4, 0.5) is 20.2 Å². The third-order valence-corrected chi connectivity index (χ3v) is 4.65. The summed E-state index contributed by atoms with van der Waals surface area (Å²) in [5.74, 6) is -0.686. The molecule has 2 heterocycles. The standard InChI is InChI=1S/C15H12BrClF2N4/c1-15(19)6-23(7-15)10-4-9(17)12(18)11(13(10)20-2)14-8(16)5-21-22(14)3/h4-5H,6-7H2,1,3H3. The Bertz CT molecular complexity index is 813. The molecule has 0 saturated carbocycles. The zero-order chi connectivity index (χ0) is 16.9. The van der Waals surface area contributed by atoms with Crippen LogP contribution < -0.4 is 4.90 Å². The van der Waals surface area contributed by atoms with E-state index in [1.165, 1.54) is 23.9 Å². The lowest BCUT2D eigenvalue weighted by Crippen LogP contribution is -2.57. The molecule has 0 bridgehead atoms. The maximum absolute atomic E-state index is 14.7. The summed E-state index contributed by atoms with van der Waals surface area (Å²) in [6.45, 7) is 9.25. The first-order chi connectivity index (χ1) is 10.7. The lowest BCUT2D eigenvalue weighted by atomic mass is 9.96. The Labute approximate surface area is 145 Å². The molecule has 1 aliphatic rings. The maximum atomic E-state index is 14.7. The Morgan fingerprint density at radius 1 is 1.48 bits per heavy atom. The van der Waals surface area contributed by atoms with Crippen molar-refractivity contribution in [2.24, 2.45) is 7.05 Å². The van der Waals surface area contributed by atoms with Gasteiger partial charge in [0.25, 0.3) is 0 Å². The van der Waals surface area contributed by atoms with E-state index in [0.717, 1.165) is 0 Å². The van der Waals surface area contributed by atoms with Gasteiger partial charge >= 0.3 is 0 Å². The molecule has 0 radical (unpaired) electrons. The SMILES string of the molecule is [C-]#[N+]c1c(N2CC(C)(F)C2)cc(Cl)c(F)c1-c1c(Br)cnn1C. The van der Waals surface area contributed by atoms with Gasteiger partial charge in [-0.25, -0.2) is 13.6 Å². The summed E-state index contributed by atoms with van der Waals surface area (Å²) in [5, 5.41) is 3.95. The van der Waals surface area contributed by atoms with Gasteiger partial charge in [0.15, 0.2) is 0 Å². The number of aromatic nitrogens is 2. The van der Waals surface area contributed by atoms with Crippen LogP contribution in [0.2, 0.25) is 5.02 Å². The van der Waals surface area contributed by atoms with Gasteiger partial charge in [-0.1, -0.05) is 11.6 Å². The van der Waals surface area contributed by atoms with Crippen molar-refractivity contribution in [2.45, 2.75) is 12.6 Å². The normalized spacial score (nSPS) is 16.1. The fourth-order valence-corrected chi connectivity index (χ4v) is 3.53. The highest BCUT2D eigenvalue weighted by Crippen LogP contribution is 2.47. The van der Waals surface area contributed by atoms with Crippen LogP contribution in [-0.2, 0) is 7.05 Å². The number of benzene rings is 1. The number of hydrogen-bond donors (Lipinski definition) is 0. The number of anilines is 1. The Morgan fingerprint density at radius 2 is 2.13 bits per heavy atom. The van der Waals surface area contributed by atoms with Crippen molar-refractivity contribution in [3.05, 3.63) is 39.0 Å². The third kappa shape index (κ3) is 2.60. The van der Waals surface area contributed by atoms with Crippen LogP contribution in [0.1, 0.15) is 6.92 Å².